The molecule has 12 nitrogen and oxygen atoms in total. The van der Waals surface area contributed by atoms with Crippen LogP contribution in [0.4, 0.5) is 0 Å². The minimum absolute atomic E-state index is 0.0836. The molecule has 0 bridgehead atoms. The fourth-order valence-electron chi connectivity index (χ4n) is 2.18. The van der Waals surface area contributed by atoms with Crippen molar-refractivity contribution in [2.45, 2.75) is 24.0 Å². The summed E-state index contributed by atoms with van der Waals surface area (Å²) in [5, 5.41) is 9.84. The van der Waals surface area contributed by atoms with Gasteiger partial charge in [-0.05, 0) is 18.9 Å². The van der Waals surface area contributed by atoms with Crippen molar-refractivity contribution in [3.63, 3.8) is 0 Å². The molecule has 0 saturated heterocycles. The fraction of sp³-hybridized carbons (Fsp3) is 0.308. The van der Waals surface area contributed by atoms with E-state index in [1.54, 1.807) is 0 Å². The Kier molecular flexibility index (Phi) is 3.54. The molecule has 0 radical (unpaired) electrons. The number of hydrogen-bond acceptors (Lipinski definition) is 9. The van der Waals surface area contributed by atoms with Crippen LogP contribution in [0.5, 0.6) is 0 Å². The predicted octanol–water partition coefficient (Wildman–Crippen LogP) is -3.09. The number of hydrogen-bond donors (Lipinski definition) is 2. The standard InChI is InChI=1S/C13H12N8O4S/c1-26(24,25)13-16-9-6(4-8-10(22)17-12(23)20-19-8)5-14-21(9)11(18-13)15-7-2-3-7/h4-5,7H,2-3H2,1H3,(H2,17,20,22,23). The molecule has 1 fully saturated rings. The molecule has 0 aliphatic heterocycles. The summed E-state index contributed by atoms with van der Waals surface area (Å²) in [5.41, 5.74) is -1.24. The highest BCUT2D eigenvalue weighted by molar-refractivity contribution is 7.90. The van der Waals surface area contributed by atoms with Crippen LogP contribution in [0.2, 0.25) is 0 Å². The molecule has 134 valence electrons. The lowest BCUT2D eigenvalue weighted by Gasteiger charge is -1.99. The Labute approximate surface area is 144 Å². The van der Waals surface area contributed by atoms with Crippen molar-refractivity contribution in [1.82, 2.24) is 34.8 Å². The molecule has 3 aromatic heterocycles. The molecule has 0 aromatic carbocycles. The topological polar surface area (TPSA) is 168 Å². The number of nitrogens with one attached hydrogen (secondary N) is 2. The monoisotopic (exact) mass is 376 g/mol. The zero-order valence-corrected chi connectivity index (χ0v) is 14.2. The lowest BCUT2D eigenvalue weighted by atomic mass is 10.3. The highest BCUT2D eigenvalue weighted by Gasteiger charge is 2.22. The summed E-state index contributed by atoms with van der Waals surface area (Å²) in [5.74, 6) is 0. The molecule has 1 saturated carbocycles. The Morgan fingerprint density at radius 2 is 2.08 bits per heavy atom. The van der Waals surface area contributed by atoms with E-state index in [-0.39, 0.29) is 28.2 Å². The van der Waals surface area contributed by atoms with Crippen LogP contribution >= 0.6 is 0 Å². The molecule has 0 amide bonds. The SMILES string of the molecule is CS(=O)(=O)c1nc(=NC2CC2)n2ncc(=Cc3n[nH]c(=O)[nH]c3=O)c2n1. The first-order valence-electron chi connectivity index (χ1n) is 7.52. The molecular weight excluding hydrogens is 364 g/mol. The van der Waals surface area contributed by atoms with Gasteiger partial charge in [0.15, 0.2) is 5.65 Å². The van der Waals surface area contributed by atoms with E-state index >= 15 is 0 Å². The maximum atomic E-state index is 11.9. The summed E-state index contributed by atoms with van der Waals surface area (Å²) in [6.07, 6.45) is 5.51. The second-order valence-electron chi connectivity index (χ2n) is 5.81. The third-order valence-electron chi connectivity index (χ3n) is 3.56. The second kappa shape index (κ2) is 5.66. The Balaban J connectivity index is 2.04. The van der Waals surface area contributed by atoms with Crippen molar-refractivity contribution >= 4 is 21.6 Å². The van der Waals surface area contributed by atoms with Crippen LogP contribution in [0.1, 0.15) is 18.5 Å². The molecule has 2 N–H and O–H groups in total. The zero-order valence-electron chi connectivity index (χ0n) is 13.4. The average Bonchev–Trinajstić information content (AvgIpc) is 3.28. The van der Waals surface area contributed by atoms with Gasteiger partial charge in [0.25, 0.3) is 16.3 Å². The lowest BCUT2D eigenvalue weighted by Crippen LogP contribution is -2.27. The highest BCUT2D eigenvalue weighted by Crippen LogP contribution is 2.22. The van der Waals surface area contributed by atoms with Crippen LogP contribution in [0.3, 0.4) is 0 Å². The number of aromatic amines is 2. The van der Waals surface area contributed by atoms with Gasteiger partial charge in [-0.15, -0.1) is 0 Å². The van der Waals surface area contributed by atoms with Gasteiger partial charge in [-0.25, -0.2) is 23.3 Å². The van der Waals surface area contributed by atoms with Gasteiger partial charge in [-0.2, -0.15) is 24.7 Å². The van der Waals surface area contributed by atoms with Crippen LogP contribution in [0.25, 0.3) is 11.7 Å². The van der Waals surface area contributed by atoms with E-state index in [2.05, 4.69) is 30.3 Å². The second-order valence-corrected chi connectivity index (χ2v) is 7.72. The molecular formula is C13H12N8O4S. The summed E-state index contributed by atoms with van der Waals surface area (Å²) >= 11 is 0. The number of sulfone groups is 1. The number of aromatic nitrogens is 7. The molecule has 3 aromatic rings. The molecule has 1 aliphatic carbocycles. The van der Waals surface area contributed by atoms with Gasteiger partial charge in [0, 0.05) is 11.5 Å². The largest absolute Gasteiger partial charge is 0.342 e. The minimum Gasteiger partial charge on any atom is -0.271 e. The third kappa shape index (κ3) is 3.03. The Morgan fingerprint density at radius 1 is 1.31 bits per heavy atom. The molecule has 1 aliphatic rings. The summed E-state index contributed by atoms with van der Waals surface area (Å²) in [6, 6.07) is 0.0841. The first-order chi connectivity index (χ1) is 12.3. The van der Waals surface area contributed by atoms with Crippen molar-refractivity contribution in [3.8, 4) is 0 Å². The summed E-state index contributed by atoms with van der Waals surface area (Å²) < 4.78 is 25.1. The first kappa shape index (κ1) is 16.3. The highest BCUT2D eigenvalue weighted by atomic mass is 32.2. The molecule has 4 rings (SSSR count). The Bertz CT molecular complexity index is 1360. The van der Waals surface area contributed by atoms with E-state index in [0.717, 1.165) is 19.1 Å². The molecule has 0 spiro atoms. The summed E-state index contributed by atoms with van der Waals surface area (Å²) in [6.45, 7) is 0. The van der Waals surface area contributed by atoms with Crippen LogP contribution in [-0.2, 0) is 9.84 Å². The van der Waals surface area contributed by atoms with E-state index in [0.29, 0.717) is 5.22 Å². The predicted molar refractivity (Wildman–Crippen MR) is 86.7 cm³/mol. The van der Waals surface area contributed by atoms with E-state index in [4.69, 9.17) is 0 Å². The molecule has 0 unspecified atom stereocenters. The van der Waals surface area contributed by atoms with Gasteiger partial charge in [0.1, 0.15) is 5.69 Å². The van der Waals surface area contributed by atoms with Crippen molar-refractivity contribution in [2.24, 2.45) is 4.99 Å². The lowest BCUT2D eigenvalue weighted by molar-refractivity contribution is 0.588. The molecule has 3 heterocycles. The van der Waals surface area contributed by atoms with E-state index < -0.39 is 21.1 Å². The summed E-state index contributed by atoms with van der Waals surface area (Å²) in [7, 11) is -3.68. The maximum Gasteiger partial charge on any atom is 0.342 e. The van der Waals surface area contributed by atoms with Gasteiger partial charge in [-0.3, -0.25) is 9.78 Å². The van der Waals surface area contributed by atoms with Crippen LogP contribution < -0.4 is 22.1 Å². The average molecular weight is 376 g/mol. The number of rotatable bonds is 3. The first-order valence-corrected chi connectivity index (χ1v) is 9.41. The summed E-state index contributed by atoms with van der Waals surface area (Å²) in [4.78, 5) is 37.3. The van der Waals surface area contributed by atoms with Crippen molar-refractivity contribution in [2.75, 3.05) is 6.26 Å². The zero-order chi connectivity index (χ0) is 18.5. The van der Waals surface area contributed by atoms with Crippen LogP contribution in [0.15, 0.2) is 25.9 Å². The van der Waals surface area contributed by atoms with Crippen LogP contribution in [-0.4, -0.2) is 55.5 Å². The van der Waals surface area contributed by atoms with E-state index in [1.807, 2.05) is 4.98 Å². The quantitative estimate of drug-likeness (QED) is 0.485. The Morgan fingerprint density at radius 3 is 2.73 bits per heavy atom. The van der Waals surface area contributed by atoms with E-state index in [9.17, 15) is 18.0 Å². The van der Waals surface area contributed by atoms with Crippen molar-refractivity contribution in [1.29, 1.82) is 0 Å². The smallest absolute Gasteiger partial charge is 0.271 e. The van der Waals surface area contributed by atoms with Gasteiger partial charge >= 0.3 is 5.69 Å². The van der Waals surface area contributed by atoms with Gasteiger partial charge in [-0.1, -0.05) is 0 Å². The molecule has 0 atom stereocenters. The van der Waals surface area contributed by atoms with Crippen LogP contribution in [0, 0.1) is 0 Å². The Hall–Kier alpha value is -3.22. The fourth-order valence-corrected chi connectivity index (χ4v) is 2.68. The third-order valence-corrected chi connectivity index (χ3v) is 4.41. The maximum absolute atomic E-state index is 11.9. The number of fused-ring (bicyclic) bond motifs is 1. The van der Waals surface area contributed by atoms with Gasteiger partial charge in [0.05, 0.1) is 12.2 Å². The van der Waals surface area contributed by atoms with Gasteiger partial charge < -0.3 is 0 Å². The number of H-pyrrole nitrogens is 2. The minimum atomic E-state index is -3.68. The normalized spacial score (nSPS) is 16.5. The van der Waals surface area contributed by atoms with Crippen molar-refractivity contribution < 1.29 is 8.42 Å². The number of nitrogens with zero attached hydrogens (tertiary/aromatic N) is 6. The molecule has 13 heteroatoms. The molecule has 26 heavy (non-hydrogen) atoms. The van der Waals surface area contributed by atoms with E-state index in [1.165, 1.54) is 16.8 Å². The van der Waals surface area contributed by atoms with Gasteiger partial charge in [0.2, 0.25) is 9.84 Å². The van der Waals surface area contributed by atoms with Crippen molar-refractivity contribution in [3.05, 3.63) is 43.6 Å².